The van der Waals surface area contributed by atoms with E-state index in [1.165, 1.54) is 0 Å². The Morgan fingerprint density at radius 1 is 1.16 bits per heavy atom. The van der Waals surface area contributed by atoms with Gasteiger partial charge in [0.2, 0.25) is 5.91 Å². The normalized spacial score (nSPS) is 14.4. The summed E-state index contributed by atoms with van der Waals surface area (Å²) in [6.07, 6.45) is 4.84. The van der Waals surface area contributed by atoms with Crippen molar-refractivity contribution in [3.8, 4) is 22.8 Å². The van der Waals surface area contributed by atoms with Crippen molar-refractivity contribution in [3.63, 3.8) is 0 Å². The van der Waals surface area contributed by atoms with Gasteiger partial charge in [0.15, 0.2) is 0 Å². The Kier molecular flexibility index (Phi) is 5.88. The van der Waals surface area contributed by atoms with Crippen LogP contribution in [0.5, 0.6) is 11.5 Å². The van der Waals surface area contributed by atoms with Gasteiger partial charge in [-0.3, -0.25) is 9.59 Å². The summed E-state index contributed by atoms with van der Waals surface area (Å²) in [5.74, 6) is 0.113. The summed E-state index contributed by atoms with van der Waals surface area (Å²) in [5.41, 5.74) is 8.24. The molecule has 8 heteroatoms. The molecule has 2 heterocycles. The molecular weight excluding hydrogens is 396 g/mol. The first-order valence-corrected chi connectivity index (χ1v) is 10.1. The lowest BCUT2D eigenvalue weighted by molar-refractivity contribution is -0.132. The highest BCUT2D eigenvalue weighted by atomic mass is 16.5. The molecule has 0 atom stereocenters. The van der Waals surface area contributed by atoms with E-state index >= 15 is 0 Å². The molecule has 2 amide bonds. The van der Waals surface area contributed by atoms with E-state index < -0.39 is 5.91 Å². The highest BCUT2D eigenvalue weighted by Gasteiger charge is 2.25. The standard InChI is InChI=1S/C23H24N4O4/c24-23(30)19-12-16(20-13-25-14-26-20)3-6-21(19)31-18-7-9-27(10-8-18)22(29)11-15-1-4-17(28)5-2-15/h1-6,12-14,18,28H,7-11H2,(H2,24,30)(H,25,26). The Labute approximate surface area is 179 Å². The molecule has 4 rings (SSSR count). The number of imidazole rings is 1. The molecule has 1 aromatic heterocycles. The minimum Gasteiger partial charge on any atom is -0.508 e. The topological polar surface area (TPSA) is 122 Å². The number of primary amides is 1. The van der Waals surface area contributed by atoms with Crippen LogP contribution in [-0.4, -0.2) is 51.0 Å². The number of aromatic nitrogens is 2. The second kappa shape index (κ2) is 8.91. The number of carbonyl (C=O) groups is 2. The number of nitrogens with zero attached hydrogens (tertiary/aromatic N) is 2. The first-order valence-electron chi connectivity index (χ1n) is 10.1. The Morgan fingerprint density at radius 2 is 1.90 bits per heavy atom. The fraction of sp³-hybridized carbons (Fsp3) is 0.261. The number of hydrogen-bond acceptors (Lipinski definition) is 5. The van der Waals surface area contributed by atoms with E-state index in [1.54, 1.807) is 48.9 Å². The predicted molar refractivity (Wildman–Crippen MR) is 115 cm³/mol. The molecule has 0 spiro atoms. The Hall–Kier alpha value is -3.81. The van der Waals surface area contributed by atoms with Gasteiger partial charge < -0.3 is 25.5 Å². The number of amides is 2. The van der Waals surface area contributed by atoms with Crippen LogP contribution in [0.3, 0.4) is 0 Å². The Bertz CT molecular complexity index is 1060. The molecule has 1 aliphatic heterocycles. The van der Waals surface area contributed by atoms with Crippen molar-refractivity contribution < 1.29 is 19.4 Å². The number of H-pyrrole nitrogens is 1. The van der Waals surface area contributed by atoms with Crippen molar-refractivity contribution in [1.82, 2.24) is 14.9 Å². The third kappa shape index (κ3) is 4.85. The maximum absolute atomic E-state index is 12.6. The summed E-state index contributed by atoms with van der Waals surface area (Å²) < 4.78 is 6.08. The molecule has 1 saturated heterocycles. The van der Waals surface area contributed by atoms with Gasteiger partial charge in [0.05, 0.1) is 24.0 Å². The lowest BCUT2D eigenvalue weighted by Gasteiger charge is -2.32. The molecule has 0 unspecified atom stereocenters. The van der Waals surface area contributed by atoms with E-state index in [0.29, 0.717) is 43.7 Å². The van der Waals surface area contributed by atoms with E-state index in [9.17, 15) is 14.7 Å². The maximum Gasteiger partial charge on any atom is 0.252 e. The molecule has 2 aromatic carbocycles. The van der Waals surface area contributed by atoms with Gasteiger partial charge in [0, 0.05) is 37.7 Å². The molecule has 0 saturated carbocycles. The zero-order chi connectivity index (χ0) is 21.8. The van der Waals surface area contributed by atoms with E-state index in [2.05, 4.69) is 9.97 Å². The number of ether oxygens (including phenoxy) is 1. The van der Waals surface area contributed by atoms with Crippen LogP contribution in [0, 0.1) is 0 Å². The van der Waals surface area contributed by atoms with Crippen LogP contribution in [0.2, 0.25) is 0 Å². The number of phenols is 1. The van der Waals surface area contributed by atoms with E-state index in [-0.39, 0.29) is 17.8 Å². The van der Waals surface area contributed by atoms with Gasteiger partial charge in [-0.1, -0.05) is 12.1 Å². The smallest absolute Gasteiger partial charge is 0.252 e. The molecule has 4 N–H and O–H groups in total. The van der Waals surface area contributed by atoms with Gasteiger partial charge in [-0.25, -0.2) is 4.98 Å². The number of likely N-dealkylation sites (tertiary alicyclic amines) is 1. The van der Waals surface area contributed by atoms with Crippen LogP contribution < -0.4 is 10.5 Å². The summed E-state index contributed by atoms with van der Waals surface area (Å²) in [5, 5.41) is 9.36. The largest absolute Gasteiger partial charge is 0.508 e. The molecule has 0 bridgehead atoms. The van der Waals surface area contributed by atoms with E-state index in [4.69, 9.17) is 10.5 Å². The third-order valence-electron chi connectivity index (χ3n) is 5.42. The zero-order valence-corrected chi connectivity index (χ0v) is 17.0. The summed E-state index contributed by atoms with van der Waals surface area (Å²) in [4.78, 5) is 33.4. The molecule has 0 radical (unpaired) electrons. The minimum atomic E-state index is -0.561. The lowest BCUT2D eigenvalue weighted by Crippen LogP contribution is -2.42. The van der Waals surface area contributed by atoms with Crippen molar-refractivity contribution in [2.75, 3.05) is 13.1 Å². The van der Waals surface area contributed by atoms with Gasteiger partial charge in [0.1, 0.15) is 17.6 Å². The summed E-state index contributed by atoms with van der Waals surface area (Å²) in [7, 11) is 0. The molecule has 31 heavy (non-hydrogen) atoms. The number of aromatic amines is 1. The van der Waals surface area contributed by atoms with Crippen LogP contribution in [0.1, 0.15) is 28.8 Å². The number of nitrogens with two attached hydrogens (primary N) is 1. The molecule has 1 aliphatic rings. The third-order valence-corrected chi connectivity index (χ3v) is 5.42. The summed E-state index contributed by atoms with van der Waals surface area (Å²) in [6.45, 7) is 1.16. The summed E-state index contributed by atoms with van der Waals surface area (Å²) >= 11 is 0. The second-order valence-corrected chi connectivity index (χ2v) is 7.57. The number of aromatic hydroxyl groups is 1. The van der Waals surface area contributed by atoms with Crippen LogP contribution in [0.4, 0.5) is 0 Å². The highest BCUT2D eigenvalue weighted by molar-refractivity contribution is 5.97. The number of nitrogens with one attached hydrogen (secondary N) is 1. The van der Waals surface area contributed by atoms with Gasteiger partial charge in [-0.2, -0.15) is 0 Å². The van der Waals surface area contributed by atoms with Crippen molar-refractivity contribution in [2.45, 2.75) is 25.4 Å². The minimum absolute atomic E-state index is 0.0466. The number of carbonyl (C=O) groups excluding carboxylic acids is 2. The van der Waals surface area contributed by atoms with Crippen LogP contribution in [-0.2, 0) is 11.2 Å². The SMILES string of the molecule is NC(=O)c1cc(-c2c[nH]cn2)ccc1OC1CCN(C(=O)Cc2ccc(O)cc2)CC1. The average Bonchev–Trinajstić information content (AvgIpc) is 3.31. The number of phenolic OH excluding ortho intramolecular Hbond substituents is 1. The van der Waals surface area contributed by atoms with Gasteiger partial charge in [-0.15, -0.1) is 0 Å². The van der Waals surface area contributed by atoms with Crippen molar-refractivity contribution >= 4 is 11.8 Å². The van der Waals surface area contributed by atoms with Crippen LogP contribution >= 0.6 is 0 Å². The molecule has 0 aliphatic carbocycles. The molecule has 3 aromatic rings. The number of hydrogen-bond donors (Lipinski definition) is 3. The predicted octanol–water partition coefficient (Wildman–Crippen LogP) is 2.49. The van der Waals surface area contributed by atoms with Gasteiger partial charge in [0.25, 0.3) is 5.91 Å². The highest BCUT2D eigenvalue weighted by Crippen LogP contribution is 2.28. The monoisotopic (exact) mass is 420 g/mol. The average molecular weight is 420 g/mol. The fourth-order valence-corrected chi connectivity index (χ4v) is 3.71. The maximum atomic E-state index is 12.6. The van der Waals surface area contributed by atoms with Crippen molar-refractivity contribution in [3.05, 3.63) is 66.1 Å². The van der Waals surface area contributed by atoms with Gasteiger partial charge >= 0.3 is 0 Å². The quantitative estimate of drug-likeness (QED) is 0.566. The van der Waals surface area contributed by atoms with Crippen molar-refractivity contribution in [1.29, 1.82) is 0 Å². The zero-order valence-electron chi connectivity index (χ0n) is 17.0. The van der Waals surface area contributed by atoms with E-state index in [1.807, 2.05) is 11.0 Å². The number of piperidine rings is 1. The summed E-state index contributed by atoms with van der Waals surface area (Å²) in [6, 6.07) is 11.9. The van der Waals surface area contributed by atoms with E-state index in [0.717, 1.165) is 16.8 Å². The van der Waals surface area contributed by atoms with Crippen molar-refractivity contribution in [2.24, 2.45) is 5.73 Å². The lowest BCUT2D eigenvalue weighted by atomic mass is 10.0. The first-order chi connectivity index (χ1) is 15.0. The second-order valence-electron chi connectivity index (χ2n) is 7.57. The fourth-order valence-electron chi connectivity index (χ4n) is 3.71. The molecule has 1 fully saturated rings. The Morgan fingerprint density at radius 3 is 2.55 bits per heavy atom. The Balaban J connectivity index is 1.36. The molecule has 8 nitrogen and oxygen atoms in total. The number of rotatable bonds is 6. The van der Waals surface area contributed by atoms with Crippen LogP contribution in [0.25, 0.3) is 11.3 Å². The van der Waals surface area contributed by atoms with Gasteiger partial charge in [-0.05, 0) is 35.9 Å². The molecular formula is C23H24N4O4. The molecule has 160 valence electrons. The first kappa shape index (κ1) is 20.5. The number of benzene rings is 2. The van der Waals surface area contributed by atoms with Crippen LogP contribution in [0.15, 0.2) is 55.0 Å².